The van der Waals surface area contributed by atoms with Crippen molar-refractivity contribution in [1.82, 2.24) is 0 Å². The van der Waals surface area contributed by atoms with E-state index in [9.17, 15) is 14.4 Å². The maximum absolute atomic E-state index is 12.3. The summed E-state index contributed by atoms with van der Waals surface area (Å²) in [5.41, 5.74) is 0.458. The van der Waals surface area contributed by atoms with Gasteiger partial charge in [-0.3, -0.25) is 9.59 Å². The number of benzene rings is 2. The summed E-state index contributed by atoms with van der Waals surface area (Å²) in [7, 11) is 0. The molecule has 0 aliphatic heterocycles. The number of ether oxygens (including phenoxy) is 1. The van der Waals surface area contributed by atoms with E-state index in [4.69, 9.17) is 4.74 Å². The summed E-state index contributed by atoms with van der Waals surface area (Å²) in [6.45, 7) is 1.88. The third-order valence-corrected chi connectivity index (χ3v) is 2.91. The molecule has 21 heavy (non-hydrogen) atoms. The Bertz CT molecular complexity index is 674. The van der Waals surface area contributed by atoms with Gasteiger partial charge in [0.1, 0.15) is 0 Å². The molecule has 2 aromatic rings. The van der Waals surface area contributed by atoms with Gasteiger partial charge >= 0.3 is 5.97 Å². The largest absolute Gasteiger partial charge is 0.462 e. The van der Waals surface area contributed by atoms with Crippen molar-refractivity contribution in [1.29, 1.82) is 0 Å². The highest BCUT2D eigenvalue weighted by molar-refractivity contribution is 6.50. The molecule has 2 rings (SSSR count). The topological polar surface area (TPSA) is 60.4 Å². The minimum Gasteiger partial charge on any atom is -0.462 e. The lowest BCUT2D eigenvalue weighted by Crippen LogP contribution is -2.19. The lowest BCUT2D eigenvalue weighted by molar-refractivity contribution is 0.0523. The molecule has 0 bridgehead atoms. The van der Waals surface area contributed by atoms with Crippen molar-refractivity contribution in [2.24, 2.45) is 0 Å². The van der Waals surface area contributed by atoms with E-state index in [1.54, 1.807) is 49.4 Å². The van der Waals surface area contributed by atoms with Gasteiger partial charge in [-0.25, -0.2) is 4.79 Å². The zero-order valence-electron chi connectivity index (χ0n) is 11.5. The van der Waals surface area contributed by atoms with Crippen LogP contribution in [0, 0.1) is 0 Å². The molecule has 4 nitrogen and oxygen atoms in total. The summed E-state index contributed by atoms with van der Waals surface area (Å²) in [6.07, 6.45) is 0. The van der Waals surface area contributed by atoms with Crippen LogP contribution in [0.25, 0.3) is 0 Å². The predicted molar refractivity (Wildman–Crippen MR) is 77.5 cm³/mol. The Morgan fingerprint density at radius 2 is 1.48 bits per heavy atom. The quantitative estimate of drug-likeness (QED) is 0.367. The number of hydrogen-bond acceptors (Lipinski definition) is 4. The molecule has 0 unspecified atom stereocenters. The Kier molecular flexibility index (Phi) is 4.61. The van der Waals surface area contributed by atoms with Crippen LogP contribution in [0.5, 0.6) is 0 Å². The van der Waals surface area contributed by atoms with Crippen LogP contribution in [0.1, 0.15) is 38.0 Å². The number of esters is 1. The molecule has 0 spiro atoms. The molecule has 0 saturated carbocycles. The van der Waals surface area contributed by atoms with Crippen LogP contribution >= 0.6 is 0 Å². The Balaban J connectivity index is 2.36. The van der Waals surface area contributed by atoms with Crippen LogP contribution in [0.4, 0.5) is 0 Å². The van der Waals surface area contributed by atoms with Crippen molar-refractivity contribution >= 4 is 17.5 Å². The first-order valence-corrected chi connectivity index (χ1v) is 6.55. The Morgan fingerprint density at radius 1 is 0.905 bits per heavy atom. The minimum atomic E-state index is -0.718. The van der Waals surface area contributed by atoms with Gasteiger partial charge in [0.05, 0.1) is 12.2 Å². The lowest BCUT2D eigenvalue weighted by Gasteiger charge is -2.07. The molecule has 0 atom stereocenters. The fraction of sp³-hybridized carbons (Fsp3) is 0.118. The van der Waals surface area contributed by atoms with Crippen molar-refractivity contribution in [2.45, 2.75) is 6.92 Å². The summed E-state index contributed by atoms with van der Waals surface area (Å²) >= 11 is 0. The molecule has 0 aromatic heterocycles. The SMILES string of the molecule is CCOC(=O)c1ccccc1C(=[18O])C(=[18O])c1ccccc1. The summed E-state index contributed by atoms with van der Waals surface area (Å²) < 4.78 is 4.90. The highest BCUT2D eigenvalue weighted by Crippen LogP contribution is 2.14. The van der Waals surface area contributed by atoms with Gasteiger partial charge in [-0.15, -0.1) is 0 Å². The van der Waals surface area contributed by atoms with E-state index >= 15 is 0 Å². The van der Waals surface area contributed by atoms with Gasteiger partial charge in [-0.1, -0.05) is 48.5 Å². The highest BCUT2D eigenvalue weighted by atomic mass is 18.1. The number of ketones is 2. The van der Waals surface area contributed by atoms with E-state index in [1.807, 2.05) is 0 Å². The molecule has 0 radical (unpaired) electrons. The number of rotatable bonds is 5. The molecule has 0 fully saturated rings. The lowest BCUT2D eigenvalue weighted by atomic mass is 9.98. The van der Waals surface area contributed by atoms with Crippen LogP contribution in [-0.2, 0) is 4.74 Å². The fourth-order valence-electron chi connectivity index (χ4n) is 1.91. The predicted octanol–water partition coefficient (Wildman–Crippen LogP) is 2.93. The second-order valence-corrected chi connectivity index (χ2v) is 4.29. The molecule has 0 heterocycles. The monoisotopic (exact) mass is 286 g/mol. The maximum Gasteiger partial charge on any atom is 0.338 e. The first kappa shape index (κ1) is 14.7. The van der Waals surface area contributed by atoms with E-state index in [0.717, 1.165) is 0 Å². The van der Waals surface area contributed by atoms with E-state index < -0.39 is 17.5 Å². The van der Waals surface area contributed by atoms with Crippen molar-refractivity contribution in [3.05, 3.63) is 71.3 Å². The summed E-state index contributed by atoms with van der Waals surface area (Å²) in [5.74, 6) is -1.97. The second-order valence-electron chi connectivity index (χ2n) is 4.29. The van der Waals surface area contributed by atoms with Crippen LogP contribution in [0.3, 0.4) is 0 Å². The number of hydrogen-bond donors (Lipinski definition) is 0. The van der Waals surface area contributed by atoms with Gasteiger partial charge in [0.25, 0.3) is 0 Å². The molecule has 4 heteroatoms. The van der Waals surface area contributed by atoms with Crippen molar-refractivity contribution in [2.75, 3.05) is 6.61 Å². The average molecular weight is 286 g/mol. The maximum atomic E-state index is 12.3. The van der Waals surface area contributed by atoms with E-state index in [2.05, 4.69) is 0 Å². The summed E-state index contributed by atoms with van der Waals surface area (Å²) in [4.78, 5) is 36.3. The van der Waals surface area contributed by atoms with Gasteiger partial charge in [0.2, 0.25) is 11.6 Å². The van der Waals surface area contributed by atoms with Crippen molar-refractivity contribution in [3.63, 3.8) is 0 Å². The average Bonchev–Trinajstić information content (AvgIpc) is 2.54. The van der Waals surface area contributed by atoms with Gasteiger partial charge in [0.15, 0.2) is 0 Å². The van der Waals surface area contributed by atoms with Gasteiger partial charge < -0.3 is 4.74 Å². The van der Waals surface area contributed by atoms with Crippen molar-refractivity contribution in [3.8, 4) is 0 Å². The van der Waals surface area contributed by atoms with E-state index in [-0.39, 0.29) is 17.7 Å². The zero-order chi connectivity index (χ0) is 15.2. The molecule has 0 N–H and O–H groups in total. The minimum absolute atomic E-state index is 0.0600. The molecule has 0 aliphatic rings. The smallest absolute Gasteiger partial charge is 0.338 e. The van der Waals surface area contributed by atoms with Gasteiger partial charge in [-0.2, -0.15) is 0 Å². The first-order chi connectivity index (χ1) is 10.1. The van der Waals surface area contributed by atoms with E-state index in [0.29, 0.717) is 5.56 Å². The molecule has 2 aromatic carbocycles. The van der Waals surface area contributed by atoms with E-state index in [1.165, 1.54) is 12.1 Å². The number of carbonyl (C=O) groups is 3. The molecular formula is C17H14O4. The normalized spacial score (nSPS) is 9.95. The number of Topliss-reactive ketones (excluding diaryl/α,β-unsaturated/α-hetero) is 2. The molecule has 0 saturated heterocycles. The standard InChI is InChI=1S/C17H14O4/c1-2-21-17(20)14-11-7-6-10-13(14)16(19)15(18)12-8-4-3-5-9-12/h3-11H,2H2,1H3/i18+2,19+2. The van der Waals surface area contributed by atoms with Crippen molar-refractivity contribution < 1.29 is 19.1 Å². The third kappa shape index (κ3) is 3.23. The Labute approximate surface area is 122 Å². The molecular weight excluding hydrogens is 272 g/mol. The fourth-order valence-corrected chi connectivity index (χ4v) is 1.91. The highest BCUT2D eigenvalue weighted by Gasteiger charge is 2.23. The summed E-state index contributed by atoms with van der Waals surface area (Å²) in [5, 5.41) is 0. The first-order valence-electron chi connectivity index (χ1n) is 6.55. The van der Waals surface area contributed by atoms with Gasteiger partial charge in [0, 0.05) is 11.1 Å². The Morgan fingerprint density at radius 3 is 2.10 bits per heavy atom. The summed E-state index contributed by atoms with van der Waals surface area (Å²) in [6, 6.07) is 14.4. The van der Waals surface area contributed by atoms with Crippen LogP contribution in [0.2, 0.25) is 0 Å². The zero-order valence-corrected chi connectivity index (χ0v) is 11.5. The van der Waals surface area contributed by atoms with Crippen LogP contribution in [-0.4, -0.2) is 24.1 Å². The van der Waals surface area contributed by atoms with Crippen LogP contribution in [0.15, 0.2) is 54.6 Å². The molecule has 106 valence electrons. The second kappa shape index (κ2) is 6.61. The van der Waals surface area contributed by atoms with Crippen LogP contribution < -0.4 is 0 Å². The Hall–Kier alpha value is -2.75. The number of carbonyl (C=O) groups excluding carboxylic acids is 3. The third-order valence-electron chi connectivity index (χ3n) is 2.91. The molecule has 0 amide bonds. The van der Waals surface area contributed by atoms with Gasteiger partial charge in [-0.05, 0) is 13.0 Å². The molecule has 0 aliphatic carbocycles.